The van der Waals surface area contributed by atoms with E-state index in [1.54, 1.807) is 12.5 Å². The molecular weight excluding hydrogens is 388 g/mol. The molecule has 0 saturated heterocycles. The molecule has 0 radical (unpaired) electrons. The average Bonchev–Trinajstić information content (AvgIpc) is 3.27. The molecule has 0 atom stereocenters. The van der Waals surface area contributed by atoms with Gasteiger partial charge in [0.05, 0.1) is 11.8 Å². The highest BCUT2D eigenvalue weighted by atomic mass is 16.4. The second kappa shape index (κ2) is 10.2. The standard InChI is InChI=1S/C17H12N4.C4H4O4.H2O/c1-2-4-13(5-3-1)17-19-11-14-10-15(6-7-16(14)20-17)21-9-8-18-12-21;5-3(6)1-2-4(7)8;/h1-12H;1-2H,(H,5,6)(H,7,8);1H2/b;2-1-;. The Morgan fingerprint density at radius 3 is 2.27 bits per heavy atom. The van der Waals surface area contributed by atoms with Gasteiger partial charge in [0.15, 0.2) is 5.82 Å². The monoisotopic (exact) mass is 406 g/mol. The van der Waals surface area contributed by atoms with E-state index in [2.05, 4.69) is 21.0 Å². The normalized spacial score (nSPS) is 10.1. The van der Waals surface area contributed by atoms with Crippen LogP contribution in [0.2, 0.25) is 0 Å². The topological polar surface area (TPSA) is 150 Å². The molecule has 2 aromatic heterocycles. The molecule has 0 aliphatic heterocycles. The summed E-state index contributed by atoms with van der Waals surface area (Å²) in [6.45, 7) is 0. The number of imidazole rings is 1. The summed E-state index contributed by atoms with van der Waals surface area (Å²) in [5, 5.41) is 16.6. The van der Waals surface area contributed by atoms with E-state index in [1.807, 2.05) is 59.4 Å². The minimum Gasteiger partial charge on any atom is -0.478 e. The van der Waals surface area contributed by atoms with Crippen LogP contribution >= 0.6 is 0 Å². The van der Waals surface area contributed by atoms with Crippen molar-refractivity contribution in [2.24, 2.45) is 0 Å². The average molecular weight is 406 g/mol. The molecule has 9 heteroatoms. The molecule has 0 saturated carbocycles. The maximum Gasteiger partial charge on any atom is 0.328 e. The fourth-order valence-corrected chi connectivity index (χ4v) is 2.46. The zero-order chi connectivity index (χ0) is 20.6. The Bertz CT molecular complexity index is 1140. The van der Waals surface area contributed by atoms with E-state index in [4.69, 9.17) is 10.2 Å². The molecule has 0 fully saturated rings. The number of aromatic nitrogens is 4. The van der Waals surface area contributed by atoms with E-state index in [1.165, 1.54) is 0 Å². The second-order valence-corrected chi connectivity index (χ2v) is 5.78. The molecule has 2 aromatic carbocycles. The lowest BCUT2D eigenvalue weighted by atomic mass is 10.2. The number of hydrogen-bond acceptors (Lipinski definition) is 5. The first-order chi connectivity index (χ1) is 14.0. The molecule has 0 bridgehead atoms. The number of carboxylic acid groups (broad SMARTS) is 2. The Morgan fingerprint density at radius 1 is 0.967 bits per heavy atom. The Hall–Kier alpha value is -4.37. The van der Waals surface area contributed by atoms with Crippen LogP contribution in [0, 0.1) is 0 Å². The van der Waals surface area contributed by atoms with Crippen LogP contribution in [0.3, 0.4) is 0 Å². The molecule has 30 heavy (non-hydrogen) atoms. The van der Waals surface area contributed by atoms with Crippen molar-refractivity contribution in [1.29, 1.82) is 0 Å². The summed E-state index contributed by atoms with van der Waals surface area (Å²) in [5.74, 6) is -1.77. The second-order valence-electron chi connectivity index (χ2n) is 5.78. The highest BCUT2D eigenvalue weighted by Crippen LogP contribution is 2.20. The van der Waals surface area contributed by atoms with Crippen LogP contribution in [0.5, 0.6) is 0 Å². The van der Waals surface area contributed by atoms with Crippen molar-refractivity contribution in [2.45, 2.75) is 0 Å². The lowest BCUT2D eigenvalue weighted by Crippen LogP contribution is -1.93. The van der Waals surface area contributed by atoms with Gasteiger partial charge in [0.1, 0.15) is 0 Å². The first-order valence-corrected chi connectivity index (χ1v) is 8.47. The number of carboxylic acids is 2. The Morgan fingerprint density at radius 2 is 1.67 bits per heavy atom. The molecular formula is C21H18N4O5. The summed E-state index contributed by atoms with van der Waals surface area (Å²) in [6.07, 6.45) is 8.44. The molecule has 0 unspecified atom stereocenters. The van der Waals surface area contributed by atoms with Gasteiger partial charge in [-0.2, -0.15) is 0 Å². The summed E-state index contributed by atoms with van der Waals surface area (Å²) in [7, 11) is 0. The van der Waals surface area contributed by atoms with Gasteiger partial charge in [-0.25, -0.2) is 24.5 Å². The fraction of sp³-hybridized carbons (Fsp3) is 0. The van der Waals surface area contributed by atoms with Crippen molar-refractivity contribution in [1.82, 2.24) is 19.5 Å². The van der Waals surface area contributed by atoms with Gasteiger partial charge in [-0.05, 0) is 18.2 Å². The van der Waals surface area contributed by atoms with Gasteiger partial charge in [0.2, 0.25) is 0 Å². The third-order valence-corrected chi connectivity index (χ3v) is 3.77. The predicted molar refractivity (Wildman–Crippen MR) is 110 cm³/mol. The molecule has 0 spiro atoms. The van der Waals surface area contributed by atoms with Gasteiger partial charge < -0.3 is 20.3 Å². The SMILES string of the molecule is O.O=C(O)/C=C\C(=O)O.c1ccc(-c2ncc3cc(-n4ccnc4)ccc3n2)cc1. The molecule has 0 amide bonds. The van der Waals surface area contributed by atoms with Crippen molar-refractivity contribution in [2.75, 3.05) is 0 Å². The molecule has 2 heterocycles. The van der Waals surface area contributed by atoms with Gasteiger partial charge in [-0.15, -0.1) is 0 Å². The summed E-state index contributed by atoms with van der Waals surface area (Å²) in [6, 6.07) is 16.1. The fourth-order valence-electron chi connectivity index (χ4n) is 2.46. The smallest absolute Gasteiger partial charge is 0.328 e. The van der Waals surface area contributed by atoms with Crippen molar-refractivity contribution < 1.29 is 25.3 Å². The number of carbonyl (C=O) groups is 2. The Kier molecular flexibility index (Phi) is 7.49. The van der Waals surface area contributed by atoms with Gasteiger partial charge >= 0.3 is 11.9 Å². The molecule has 4 rings (SSSR count). The summed E-state index contributed by atoms with van der Waals surface area (Å²) < 4.78 is 1.96. The molecule has 4 N–H and O–H groups in total. The van der Waals surface area contributed by atoms with Gasteiger partial charge in [-0.3, -0.25) is 0 Å². The molecule has 9 nitrogen and oxygen atoms in total. The lowest BCUT2D eigenvalue weighted by molar-refractivity contribution is -0.134. The van der Waals surface area contributed by atoms with Crippen LogP contribution < -0.4 is 0 Å². The number of nitrogens with zero attached hydrogens (tertiary/aromatic N) is 4. The third kappa shape index (κ3) is 5.81. The quantitative estimate of drug-likeness (QED) is 0.494. The van der Waals surface area contributed by atoms with E-state index < -0.39 is 11.9 Å². The number of aliphatic carboxylic acids is 2. The molecule has 0 aliphatic rings. The summed E-state index contributed by atoms with van der Waals surface area (Å²) in [4.78, 5) is 32.3. The summed E-state index contributed by atoms with van der Waals surface area (Å²) >= 11 is 0. The van der Waals surface area contributed by atoms with Crippen LogP contribution in [0.15, 0.2) is 85.6 Å². The van der Waals surface area contributed by atoms with Crippen LogP contribution in [0.4, 0.5) is 0 Å². The van der Waals surface area contributed by atoms with E-state index >= 15 is 0 Å². The lowest BCUT2D eigenvalue weighted by Gasteiger charge is -2.05. The number of benzene rings is 2. The summed E-state index contributed by atoms with van der Waals surface area (Å²) in [5.41, 5.74) is 3.02. The number of fused-ring (bicyclic) bond motifs is 1. The highest BCUT2D eigenvalue weighted by molar-refractivity contribution is 5.89. The maximum atomic E-state index is 9.55. The van der Waals surface area contributed by atoms with E-state index in [0.29, 0.717) is 12.2 Å². The van der Waals surface area contributed by atoms with Crippen molar-refractivity contribution in [3.8, 4) is 17.1 Å². The van der Waals surface area contributed by atoms with Gasteiger partial charge in [-0.1, -0.05) is 30.3 Å². The minimum atomic E-state index is -1.26. The van der Waals surface area contributed by atoms with Crippen LogP contribution in [0.1, 0.15) is 0 Å². The first-order valence-electron chi connectivity index (χ1n) is 8.47. The predicted octanol–water partition coefficient (Wildman–Crippen LogP) is 2.37. The third-order valence-electron chi connectivity index (χ3n) is 3.77. The van der Waals surface area contributed by atoms with Gasteiger partial charge in [0.25, 0.3) is 0 Å². The molecule has 0 aliphatic carbocycles. The number of hydrogen-bond donors (Lipinski definition) is 2. The zero-order valence-electron chi connectivity index (χ0n) is 15.6. The van der Waals surface area contributed by atoms with Gasteiger partial charge in [0, 0.05) is 47.4 Å². The van der Waals surface area contributed by atoms with Crippen molar-refractivity contribution >= 4 is 22.8 Å². The Labute approximate surface area is 170 Å². The minimum absolute atomic E-state index is 0. The van der Waals surface area contributed by atoms with Crippen molar-refractivity contribution in [3.63, 3.8) is 0 Å². The first kappa shape index (κ1) is 21.9. The van der Waals surface area contributed by atoms with Crippen LogP contribution in [-0.4, -0.2) is 47.1 Å². The van der Waals surface area contributed by atoms with E-state index in [9.17, 15) is 9.59 Å². The van der Waals surface area contributed by atoms with E-state index in [-0.39, 0.29) is 5.48 Å². The van der Waals surface area contributed by atoms with Crippen LogP contribution in [-0.2, 0) is 9.59 Å². The maximum absolute atomic E-state index is 9.55. The van der Waals surface area contributed by atoms with Crippen LogP contribution in [0.25, 0.3) is 28.0 Å². The van der Waals surface area contributed by atoms with E-state index in [0.717, 1.165) is 28.0 Å². The number of rotatable bonds is 4. The van der Waals surface area contributed by atoms with Crippen molar-refractivity contribution in [3.05, 3.63) is 85.6 Å². The largest absolute Gasteiger partial charge is 0.478 e. The highest BCUT2D eigenvalue weighted by Gasteiger charge is 2.04. The zero-order valence-corrected chi connectivity index (χ0v) is 15.6. The Balaban J connectivity index is 0.000000308. The molecule has 4 aromatic rings. The molecule has 152 valence electrons.